The van der Waals surface area contributed by atoms with Crippen molar-refractivity contribution >= 4 is 15.8 Å². The highest BCUT2D eigenvalue weighted by Gasteiger charge is 2.43. The van der Waals surface area contributed by atoms with Crippen LogP contribution < -0.4 is 10.6 Å². The summed E-state index contributed by atoms with van der Waals surface area (Å²) in [6.45, 7) is 2.73. The van der Waals surface area contributed by atoms with Gasteiger partial charge in [0.25, 0.3) is 0 Å². The number of aliphatic imine (C=N–C) groups is 1. The molecule has 0 aromatic heterocycles. The van der Waals surface area contributed by atoms with Crippen LogP contribution in [0.3, 0.4) is 0 Å². The van der Waals surface area contributed by atoms with E-state index in [4.69, 9.17) is 0 Å². The van der Waals surface area contributed by atoms with Gasteiger partial charge >= 0.3 is 0 Å². The van der Waals surface area contributed by atoms with Crippen molar-refractivity contribution in [2.75, 3.05) is 18.1 Å². The van der Waals surface area contributed by atoms with Crippen LogP contribution in [0.1, 0.15) is 51.9 Å². The Kier molecular flexibility index (Phi) is 4.95. The summed E-state index contributed by atoms with van der Waals surface area (Å²) in [5, 5.41) is 6.86. The van der Waals surface area contributed by atoms with Crippen LogP contribution in [0.15, 0.2) is 4.99 Å². The predicted molar refractivity (Wildman–Crippen MR) is 89.8 cm³/mol. The van der Waals surface area contributed by atoms with E-state index in [1.54, 1.807) is 0 Å². The lowest BCUT2D eigenvalue weighted by molar-refractivity contribution is 0.315. The van der Waals surface area contributed by atoms with Gasteiger partial charge in [-0.3, -0.25) is 4.99 Å². The Hall–Kier alpha value is -0.780. The van der Waals surface area contributed by atoms with Gasteiger partial charge in [0.05, 0.1) is 11.5 Å². The third kappa shape index (κ3) is 4.15. The highest BCUT2D eigenvalue weighted by molar-refractivity contribution is 7.91. The number of guanidine groups is 1. The van der Waals surface area contributed by atoms with Crippen LogP contribution in [0.25, 0.3) is 0 Å². The highest BCUT2D eigenvalue weighted by Crippen LogP contribution is 2.44. The normalized spacial score (nSPS) is 35.3. The minimum absolute atomic E-state index is 0.0229. The predicted octanol–water partition coefficient (Wildman–Crippen LogP) is 1.70. The SMILES string of the molecule is CCN=C(NC1CCS(=O)(=O)C1)NC1CC1C1CCCCC1. The van der Waals surface area contributed by atoms with Gasteiger partial charge in [0, 0.05) is 18.6 Å². The molecular weight excluding hydrogens is 298 g/mol. The summed E-state index contributed by atoms with van der Waals surface area (Å²) in [6, 6.07) is 0.564. The maximum absolute atomic E-state index is 11.6. The number of nitrogens with zero attached hydrogens (tertiary/aromatic N) is 1. The largest absolute Gasteiger partial charge is 0.353 e. The van der Waals surface area contributed by atoms with E-state index in [1.165, 1.54) is 38.5 Å². The van der Waals surface area contributed by atoms with Crippen molar-refractivity contribution in [1.82, 2.24) is 10.6 Å². The zero-order valence-electron chi connectivity index (χ0n) is 13.6. The monoisotopic (exact) mass is 327 g/mol. The lowest BCUT2D eigenvalue weighted by atomic mass is 9.85. The summed E-state index contributed by atoms with van der Waals surface area (Å²) in [5.74, 6) is 3.05. The van der Waals surface area contributed by atoms with Crippen molar-refractivity contribution in [3.05, 3.63) is 0 Å². The van der Waals surface area contributed by atoms with Crippen molar-refractivity contribution < 1.29 is 8.42 Å². The number of hydrogen-bond donors (Lipinski definition) is 2. The van der Waals surface area contributed by atoms with E-state index in [0.29, 0.717) is 18.2 Å². The van der Waals surface area contributed by atoms with E-state index >= 15 is 0 Å². The molecule has 3 unspecified atom stereocenters. The van der Waals surface area contributed by atoms with E-state index < -0.39 is 9.84 Å². The Morgan fingerprint density at radius 3 is 2.55 bits per heavy atom. The molecular formula is C16H29N3O2S. The van der Waals surface area contributed by atoms with Gasteiger partial charge in [0.1, 0.15) is 0 Å². The van der Waals surface area contributed by atoms with E-state index in [9.17, 15) is 8.42 Å². The number of rotatable bonds is 4. The van der Waals surface area contributed by atoms with Gasteiger partial charge in [-0.1, -0.05) is 32.1 Å². The molecule has 2 saturated carbocycles. The molecule has 0 amide bonds. The average Bonchev–Trinajstić information content (AvgIpc) is 3.17. The van der Waals surface area contributed by atoms with Crippen molar-refractivity contribution in [3.63, 3.8) is 0 Å². The first-order valence-electron chi connectivity index (χ1n) is 8.85. The third-order valence-corrected chi connectivity index (χ3v) is 7.07. The van der Waals surface area contributed by atoms with Gasteiger partial charge in [-0.2, -0.15) is 0 Å². The Morgan fingerprint density at radius 2 is 1.91 bits per heavy atom. The molecule has 3 atom stereocenters. The summed E-state index contributed by atoms with van der Waals surface area (Å²) < 4.78 is 23.1. The smallest absolute Gasteiger partial charge is 0.191 e. The van der Waals surface area contributed by atoms with Crippen LogP contribution in [-0.2, 0) is 9.84 Å². The Balaban J connectivity index is 1.49. The third-order valence-electron chi connectivity index (χ3n) is 5.31. The molecule has 1 saturated heterocycles. The molecule has 1 heterocycles. The maximum atomic E-state index is 11.6. The first kappa shape index (κ1) is 16.1. The van der Waals surface area contributed by atoms with Gasteiger partial charge in [-0.25, -0.2) is 8.42 Å². The maximum Gasteiger partial charge on any atom is 0.191 e. The summed E-state index contributed by atoms with van der Waals surface area (Å²) in [5.41, 5.74) is 0. The molecule has 3 fully saturated rings. The summed E-state index contributed by atoms with van der Waals surface area (Å²) in [4.78, 5) is 4.49. The molecule has 22 heavy (non-hydrogen) atoms. The van der Waals surface area contributed by atoms with Crippen LogP contribution in [0.5, 0.6) is 0 Å². The first-order chi connectivity index (χ1) is 10.6. The van der Waals surface area contributed by atoms with Crippen molar-refractivity contribution in [2.45, 2.75) is 64.0 Å². The van der Waals surface area contributed by atoms with E-state index in [-0.39, 0.29) is 11.8 Å². The Morgan fingerprint density at radius 1 is 1.14 bits per heavy atom. The fourth-order valence-corrected chi connectivity index (χ4v) is 5.71. The average molecular weight is 327 g/mol. The van der Waals surface area contributed by atoms with Crippen molar-refractivity contribution in [3.8, 4) is 0 Å². The number of sulfone groups is 1. The second kappa shape index (κ2) is 6.77. The van der Waals surface area contributed by atoms with Crippen molar-refractivity contribution in [1.29, 1.82) is 0 Å². The molecule has 0 spiro atoms. The number of hydrogen-bond acceptors (Lipinski definition) is 3. The molecule has 2 aliphatic carbocycles. The Labute approximate surface area is 134 Å². The second-order valence-electron chi connectivity index (χ2n) is 7.12. The van der Waals surface area contributed by atoms with E-state index in [2.05, 4.69) is 15.6 Å². The molecule has 126 valence electrons. The van der Waals surface area contributed by atoms with Crippen LogP contribution in [0.4, 0.5) is 0 Å². The molecule has 2 N–H and O–H groups in total. The van der Waals surface area contributed by atoms with Crippen LogP contribution in [0.2, 0.25) is 0 Å². The molecule has 3 aliphatic rings. The zero-order chi connectivity index (χ0) is 15.6. The van der Waals surface area contributed by atoms with Gasteiger partial charge in [0.2, 0.25) is 0 Å². The fourth-order valence-electron chi connectivity index (χ4n) is 4.03. The van der Waals surface area contributed by atoms with Crippen LogP contribution in [0, 0.1) is 11.8 Å². The fraction of sp³-hybridized carbons (Fsp3) is 0.938. The standard InChI is InChI=1S/C16H29N3O2S/c1-2-17-16(18-13-8-9-22(20,21)11-13)19-15-10-14(15)12-6-4-3-5-7-12/h12-15H,2-11H2,1H3,(H2,17,18,19). The van der Waals surface area contributed by atoms with Gasteiger partial charge in [0.15, 0.2) is 15.8 Å². The summed E-state index contributed by atoms with van der Waals surface area (Å²) in [6.07, 6.45) is 8.90. The van der Waals surface area contributed by atoms with E-state index in [1.807, 2.05) is 6.92 Å². The molecule has 0 radical (unpaired) electrons. The quantitative estimate of drug-likeness (QED) is 0.609. The molecule has 0 aromatic carbocycles. The molecule has 0 bridgehead atoms. The molecule has 6 heteroatoms. The molecule has 0 aromatic rings. The van der Waals surface area contributed by atoms with E-state index in [0.717, 1.165) is 24.3 Å². The van der Waals surface area contributed by atoms with Gasteiger partial charge < -0.3 is 10.6 Å². The zero-order valence-corrected chi connectivity index (χ0v) is 14.4. The van der Waals surface area contributed by atoms with Crippen LogP contribution >= 0.6 is 0 Å². The highest BCUT2D eigenvalue weighted by atomic mass is 32.2. The minimum Gasteiger partial charge on any atom is -0.353 e. The van der Waals surface area contributed by atoms with Gasteiger partial charge in [-0.05, 0) is 31.6 Å². The minimum atomic E-state index is -2.84. The molecule has 5 nitrogen and oxygen atoms in total. The summed E-state index contributed by atoms with van der Waals surface area (Å²) in [7, 11) is -2.84. The van der Waals surface area contributed by atoms with Crippen LogP contribution in [-0.4, -0.2) is 44.5 Å². The molecule has 3 rings (SSSR count). The lowest BCUT2D eigenvalue weighted by Crippen LogP contribution is -2.45. The lowest BCUT2D eigenvalue weighted by Gasteiger charge is -2.22. The Bertz CT molecular complexity index is 511. The van der Waals surface area contributed by atoms with Gasteiger partial charge in [-0.15, -0.1) is 0 Å². The first-order valence-corrected chi connectivity index (χ1v) is 10.7. The number of nitrogens with one attached hydrogen (secondary N) is 2. The molecule has 1 aliphatic heterocycles. The second-order valence-corrected chi connectivity index (χ2v) is 9.34. The topological polar surface area (TPSA) is 70.6 Å². The summed E-state index contributed by atoms with van der Waals surface area (Å²) >= 11 is 0. The van der Waals surface area contributed by atoms with Crippen molar-refractivity contribution in [2.24, 2.45) is 16.8 Å².